The van der Waals surface area contributed by atoms with Crippen molar-refractivity contribution in [2.75, 3.05) is 13.1 Å². The third-order valence-electron chi connectivity index (χ3n) is 4.23. The average molecular weight is 348 g/mol. The number of rotatable bonds is 10. The Morgan fingerprint density at radius 1 is 1.04 bits per heavy atom. The molecule has 0 radical (unpaired) electrons. The van der Waals surface area contributed by atoms with Crippen molar-refractivity contribution in [2.45, 2.75) is 65.6 Å². The van der Waals surface area contributed by atoms with Gasteiger partial charge in [-0.3, -0.25) is 14.5 Å². The van der Waals surface area contributed by atoms with Crippen molar-refractivity contribution in [1.82, 2.24) is 15.5 Å². The highest BCUT2D eigenvalue weighted by molar-refractivity contribution is 5.83. The van der Waals surface area contributed by atoms with Crippen molar-refractivity contribution >= 4 is 11.8 Å². The van der Waals surface area contributed by atoms with E-state index >= 15 is 0 Å². The van der Waals surface area contributed by atoms with E-state index in [-0.39, 0.29) is 36.5 Å². The Bertz CT molecular complexity index is 531. The number of nitrogens with one attached hydrogen (secondary N) is 2. The van der Waals surface area contributed by atoms with Gasteiger partial charge in [0.15, 0.2) is 0 Å². The van der Waals surface area contributed by atoms with E-state index in [0.717, 1.165) is 18.4 Å². The SMILES string of the molecule is CCCC(NC(=O)C(C)N(CC)CC(=O)NC(C)C)c1ccccc1. The normalized spacial score (nSPS) is 13.6. The van der Waals surface area contributed by atoms with Gasteiger partial charge in [0.2, 0.25) is 11.8 Å². The highest BCUT2D eigenvalue weighted by Crippen LogP contribution is 2.18. The summed E-state index contributed by atoms with van der Waals surface area (Å²) in [6.45, 7) is 10.7. The van der Waals surface area contributed by atoms with Gasteiger partial charge < -0.3 is 10.6 Å². The van der Waals surface area contributed by atoms with Crippen LogP contribution in [0.4, 0.5) is 0 Å². The molecule has 0 aliphatic carbocycles. The van der Waals surface area contributed by atoms with Crippen LogP contribution in [0.3, 0.4) is 0 Å². The van der Waals surface area contributed by atoms with Gasteiger partial charge in [-0.1, -0.05) is 50.6 Å². The lowest BCUT2D eigenvalue weighted by molar-refractivity contribution is -0.129. The van der Waals surface area contributed by atoms with Gasteiger partial charge >= 0.3 is 0 Å². The monoisotopic (exact) mass is 347 g/mol. The summed E-state index contributed by atoms with van der Waals surface area (Å²) in [4.78, 5) is 26.6. The molecule has 25 heavy (non-hydrogen) atoms. The van der Waals surface area contributed by atoms with Gasteiger partial charge in [-0.25, -0.2) is 0 Å². The molecule has 0 aliphatic heterocycles. The maximum absolute atomic E-state index is 12.7. The molecule has 140 valence electrons. The van der Waals surface area contributed by atoms with Gasteiger partial charge in [0.25, 0.3) is 0 Å². The molecule has 5 heteroatoms. The van der Waals surface area contributed by atoms with Crippen LogP contribution < -0.4 is 10.6 Å². The van der Waals surface area contributed by atoms with Crippen LogP contribution in [0, 0.1) is 0 Å². The largest absolute Gasteiger partial charge is 0.353 e. The molecule has 1 aromatic carbocycles. The number of benzene rings is 1. The first-order valence-corrected chi connectivity index (χ1v) is 9.27. The predicted molar refractivity (Wildman–Crippen MR) is 102 cm³/mol. The molecule has 1 aromatic rings. The standard InChI is InChI=1S/C20H33N3O2/c1-6-11-18(17-12-9-8-10-13-17)22-20(25)16(5)23(7-2)14-19(24)21-15(3)4/h8-10,12-13,15-16,18H,6-7,11,14H2,1-5H3,(H,21,24)(H,22,25). The molecule has 0 aromatic heterocycles. The average Bonchev–Trinajstić information content (AvgIpc) is 2.58. The van der Waals surface area contributed by atoms with Crippen molar-refractivity contribution in [3.8, 4) is 0 Å². The van der Waals surface area contributed by atoms with Gasteiger partial charge in [0, 0.05) is 6.04 Å². The predicted octanol–water partition coefficient (Wildman–Crippen LogP) is 2.88. The van der Waals surface area contributed by atoms with Crippen LogP contribution in [-0.4, -0.2) is 41.9 Å². The van der Waals surface area contributed by atoms with Crippen LogP contribution in [0.25, 0.3) is 0 Å². The molecular weight excluding hydrogens is 314 g/mol. The number of hydrogen-bond donors (Lipinski definition) is 2. The zero-order valence-corrected chi connectivity index (χ0v) is 16.2. The second kappa shape index (κ2) is 10.9. The minimum absolute atomic E-state index is 0.00402. The Morgan fingerprint density at radius 3 is 2.20 bits per heavy atom. The Balaban J connectivity index is 2.72. The van der Waals surface area contributed by atoms with Crippen LogP contribution in [0.5, 0.6) is 0 Å². The van der Waals surface area contributed by atoms with Gasteiger partial charge in [-0.15, -0.1) is 0 Å². The summed E-state index contributed by atoms with van der Waals surface area (Å²) >= 11 is 0. The maximum Gasteiger partial charge on any atom is 0.237 e. The molecule has 2 unspecified atom stereocenters. The molecule has 0 bridgehead atoms. The van der Waals surface area contributed by atoms with Crippen LogP contribution in [-0.2, 0) is 9.59 Å². The van der Waals surface area contributed by atoms with E-state index in [4.69, 9.17) is 0 Å². The van der Waals surface area contributed by atoms with Crippen LogP contribution in [0.2, 0.25) is 0 Å². The quantitative estimate of drug-likeness (QED) is 0.684. The molecule has 2 N–H and O–H groups in total. The van der Waals surface area contributed by atoms with Gasteiger partial charge in [0.1, 0.15) is 0 Å². The second-order valence-corrected chi connectivity index (χ2v) is 6.72. The minimum atomic E-state index is -0.356. The first kappa shape index (κ1) is 21.2. The lowest BCUT2D eigenvalue weighted by Crippen LogP contribution is -2.50. The van der Waals surface area contributed by atoms with Crippen LogP contribution in [0.15, 0.2) is 30.3 Å². The van der Waals surface area contributed by atoms with Crippen molar-refractivity contribution in [3.05, 3.63) is 35.9 Å². The second-order valence-electron chi connectivity index (χ2n) is 6.72. The summed E-state index contributed by atoms with van der Waals surface area (Å²) in [5.74, 6) is -0.0915. The number of amides is 2. The lowest BCUT2D eigenvalue weighted by atomic mass is 10.0. The molecule has 0 saturated heterocycles. The summed E-state index contributed by atoms with van der Waals surface area (Å²) < 4.78 is 0. The van der Waals surface area contributed by atoms with E-state index < -0.39 is 0 Å². The maximum atomic E-state index is 12.7. The fourth-order valence-electron chi connectivity index (χ4n) is 2.83. The zero-order valence-electron chi connectivity index (χ0n) is 16.2. The third-order valence-corrected chi connectivity index (χ3v) is 4.23. The number of nitrogens with zero attached hydrogens (tertiary/aromatic N) is 1. The third kappa shape index (κ3) is 7.26. The number of likely N-dealkylation sites (N-methyl/N-ethyl adjacent to an activating group) is 1. The molecule has 0 fully saturated rings. The summed E-state index contributed by atoms with van der Waals surface area (Å²) in [6, 6.07) is 9.78. The van der Waals surface area contributed by atoms with E-state index in [1.165, 1.54) is 0 Å². The van der Waals surface area contributed by atoms with Gasteiger partial charge in [0.05, 0.1) is 18.6 Å². The molecule has 2 amide bonds. The highest BCUT2D eigenvalue weighted by atomic mass is 16.2. The van der Waals surface area contributed by atoms with E-state index in [2.05, 4.69) is 17.6 Å². The molecule has 1 rings (SSSR count). The highest BCUT2D eigenvalue weighted by Gasteiger charge is 2.24. The van der Waals surface area contributed by atoms with Crippen LogP contribution >= 0.6 is 0 Å². The summed E-state index contributed by atoms with van der Waals surface area (Å²) in [6.07, 6.45) is 1.88. The van der Waals surface area contributed by atoms with Gasteiger partial charge in [-0.2, -0.15) is 0 Å². The van der Waals surface area contributed by atoms with Crippen molar-refractivity contribution < 1.29 is 9.59 Å². The lowest BCUT2D eigenvalue weighted by Gasteiger charge is -2.29. The van der Waals surface area contributed by atoms with E-state index in [0.29, 0.717) is 6.54 Å². The summed E-state index contributed by atoms with van der Waals surface area (Å²) in [5.41, 5.74) is 1.12. The van der Waals surface area contributed by atoms with Crippen molar-refractivity contribution in [1.29, 1.82) is 0 Å². The van der Waals surface area contributed by atoms with Crippen molar-refractivity contribution in [2.24, 2.45) is 0 Å². The summed E-state index contributed by atoms with van der Waals surface area (Å²) in [7, 11) is 0. The Hall–Kier alpha value is -1.88. The minimum Gasteiger partial charge on any atom is -0.353 e. The van der Waals surface area contributed by atoms with E-state index in [1.807, 2.05) is 62.9 Å². The Morgan fingerprint density at radius 2 is 1.68 bits per heavy atom. The Labute approximate surface area is 152 Å². The molecule has 0 saturated carbocycles. The fourth-order valence-corrected chi connectivity index (χ4v) is 2.83. The number of carbonyl (C=O) groups is 2. The van der Waals surface area contributed by atoms with E-state index in [1.54, 1.807) is 0 Å². The molecular formula is C20H33N3O2. The molecule has 0 heterocycles. The number of hydrogen-bond acceptors (Lipinski definition) is 3. The van der Waals surface area contributed by atoms with Crippen molar-refractivity contribution in [3.63, 3.8) is 0 Å². The fraction of sp³-hybridized carbons (Fsp3) is 0.600. The number of carbonyl (C=O) groups excluding carboxylic acids is 2. The smallest absolute Gasteiger partial charge is 0.237 e. The first-order valence-electron chi connectivity index (χ1n) is 9.27. The molecule has 0 spiro atoms. The first-order chi connectivity index (χ1) is 11.9. The van der Waals surface area contributed by atoms with Crippen LogP contribution in [0.1, 0.15) is 59.1 Å². The molecule has 2 atom stereocenters. The topological polar surface area (TPSA) is 61.4 Å². The molecule has 5 nitrogen and oxygen atoms in total. The zero-order chi connectivity index (χ0) is 18.8. The summed E-state index contributed by atoms with van der Waals surface area (Å²) in [5, 5.41) is 6.03. The van der Waals surface area contributed by atoms with Gasteiger partial charge in [-0.05, 0) is 39.3 Å². The molecule has 0 aliphatic rings. The Kier molecular flexibility index (Phi) is 9.21. The van der Waals surface area contributed by atoms with E-state index in [9.17, 15) is 9.59 Å².